The van der Waals surface area contributed by atoms with Crippen LogP contribution in [0.5, 0.6) is 0 Å². The largest absolute Gasteiger partial charge is 0.444 e. The number of aromatic nitrogens is 1. The average molecular weight is 451 g/mol. The maximum atomic E-state index is 5.56. The van der Waals surface area contributed by atoms with Crippen LogP contribution in [0.3, 0.4) is 0 Å². The lowest BCUT2D eigenvalue weighted by molar-refractivity contribution is 0.271. The average Bonchev–Trinajstić information content (AvgIpc) is 2.85. The molecular weight excluding hydrogens is 417 g/mol. The van der Waals surface area contributed by atoms with Crippen molar-refractivity contribution in [2.45, 2.75) is 53.5 Å². The van der Waals surface area contributed by atoms with E-state index in [0.717, 1.165) is 36.9 Å². The first kappa shape index (κ1) is 23.2. The molecule has 0 aliphatic rings. The number of aliphatic imine (C=N–C) groups is 1. The number of aryl methyl sites for hydroxylation is 2. The van der Waals surface area contributed by atoms with E-state index >= 15 is 0 Å². The summed E-state index contributed by atoms with van der Waals surface area (Å²) in [5, 5.41) is 6.58. The third kappa shape index (κ3) is 8.86. The van der Waals surface area contributed by atoms with Gasteiger partial charge in [-0.05, 0) is 52.7 Å². The van der Waals surface area contributed by atoms with Crippen LogP contribution in [0.15, 0.2) is 9.41 Å². The summed E-state index contributed by atoms with van der Waals surface area (Å²) in [5.74, 6) is 2.35. The van der Waals surface area contributed by atoms with Crippen molar-refractivity contribution in [3.05, 3.63) is 17.3 Å². The molecule has 0 aliphatic heterocycles. The smallest absolute Gasteiger partial charge is 0.214 e. The second-order valence-corrected chi connectivity index (χ2v) is 5.80. The van der Waals surface area contributed by atoms with Crippen LogP contribution in [0.2, 0.25) is 0 Å². The van der Waals surface area contributed by atoms with Crippen LogP contribution in [0, 0.1) is 13.8 Å². The Morgan fingerprint density at radius 2 is 1.79 bits per heavy atom. The molecular formula is C17H34IN5O. The van der Waals surface area contributed by atoms with Gasteiger partial charge in [0.05, 0.1) is 12.2 Å². The fourth-order valence-electron chi connectivity index (χ4n) is 2.47. The third-order valence-electron chi connectivity index (χ3n) is 3.73. The van der Waals surface area contributed by atoms with Gasteiger partial charge in [-0.1, -0.05) is 13.8 Å². The van der Waals surface area contributed by atoms with Crippen molar-refractivity contribution >= 4 is 29.9 Å². The fourth-order valence-corrected chi connectivity index (χ4v) is 2.47. The van der Waals surface area contributed by atoms with E-state index in [1.54, 1.807) is 7.05 Å². The first-order valence-electron chi connectivity index (χ1n) is 8.70. The first-order chi connectivity index (χ1) is 11.1. The molecule has 0 unspecified atom stereocenters. The van der Waals surface area contributed by atoms with Crippen LogP contribution < -0.4 is 10.6 Å². The molecule has 0 saturated heterocycles. The zero-order chi connectivity index (χ0) is 17.1. The molecule has 1 rings (SSSR count). The second-order valence-electron chi connectivity index (χ2n) is 5.80. The Morgan fingerprint density at radius 1 is 1.12 bits per heavy atom. The Balaban J connectivity index is 0.00000529. The van der Waals surface area contributed by atoms with Gasteiger partial charge in [0.25, 0.3) is 0 Å². The molecule has 7 heteroatoms. The van der Waals surface area contributed by atoms with Gasteiger partial charge in [0, 0.05) is 13.6 Å². The molecule has 24 heavy (non-hydrogen) atoms. The van der Waals surface area contributed by atoms with Gasteiger partial charge >= 0.3 is 0 Å². The van der Waals surface area contributed by atoms with Crippen molar-refractivity contribution in [1.29, 1.82) is 0 Å². The maximum Gasteiger partial charge on any atom is 0.214 e. The van der Waals surface area contributed by atoms with Crippen molar-refractivity contribution < 1.29 is 4.42 Å². The van der Waals surface area contributed by atoms with Crippen molar-refractivity contribution in [1.82, 2.24) is 20.5 Å². The lowest BCUT2D eigenvalue weighted by Gasteiger charge is -2.21. The quantitative estimate of drug-likeness (QED) is 0.248. The Morgan fingerprint density at radius 3 is 2.29 bits per heavy atom. The van der Waals surface area contributed by atoms with Gasteiger partial charge in [-0.25, -0.2) is 4.98 Å². The van der Waals surface area contributed by atoms with E-state index in [4.69, 9.17) is 4.42 Å². The maximum absolute atomic E-state index is 5.56. The Bertz CT molecular complexity index is 450. The highest BCUT2D eigenvalue weighted by atomic mass is 127. The van der Waals surface area contributed by atoms with E-state index in [9.17, 15) is 0 Å². The lowest BCUT2D eigenvalue weighted by Crippen LogP contribution is -2.38. The Hall–Kier alpha value is -0.830. The highest BCUT2D eigenvalue weighted by molar-refractivity contribution is 14.0. The van der Waals surface area contributed by atoms with Crippen LogP contribution in [0.4, 0.5) is 0 Å². The normalized spacial score (nSPS) is 11.5. The molecule has 0 amide bonds. The van der Waals surface area contributed by atoms with Crippen molar-refractivity contribution in [3.63, 3.8) is 0 Å². The van der Waals surface area contributed by atoms with Crippen LogP contribution >= 0.6 is 24.0 Å². The molecule has 6 nitrogen and oxygen atoms in total. The highest BCUT2D eigenvalue weighted by Crippen LogP contribution is 2.07. The van der Waals surface area contributed by atoms with E-state index in [1.807, 2.05) is 13.8 Å². The van der Waals surface area contributed by atoms with Gasteiger partial charge < -0.3 is 20.0 Å². The van der Waals surface area contributed by atoms with E-state index in [1.165, 1.54) is 25.9 Å². The van der Waals surface area contributed by atoms with Crippen LogP contribution in [0.25, 0.3) is 0 Å². The molecule has 1 aromatic rings. The minimum Gasteiger partial charge on any atom is -0.444 e. The van der Waals surface area contributed by atoms with Crippen LogP contribution in [-0.2, 0) is 6.54 Å². The molecule has 0 aromatic carbocycles. The number of halogens is 1. The summed E-state index contributed by atoms with van der Waals surface area (Å²) in [6.45, 7) is 13.3. The molecule has 1 aromatic heterocycles. The summed E-state index contributed by atoms with van der Waals surface area (Å²) < 4.78 is 5.56. The third-order valence-corrected chi connectivity index (χ3v) is 3.73. The predicted molar refractivity (Wildman–Crippen MR) is 111 cm³/mol. The van der Waals surface area contributed by atoms with E-state index in [2.05, 4.69) is 39.4 Å². The summed E-state index contributed by atoms with van der Waals surface area (Å²) in [6.07, 6.45) is 3.54. The summed E-state index contributed by atoms with van der Waals surface area (Å²) in [6, 6.07) is 0. The van der Waals surface area contributed by atoms with E-state index in [-0.39, 0.29) is 24.0 Å². The summed E-state index contributed by atoms with van der Waals surface area (Å²) >= 11 is 0. The van der Waals surface area contributed by atoms with Gasteiger partial charge in [-0.15, -0.1) is 24.0 Å². The number of nitrogens with one attached hydrogen (secondary N) is 2. The van der Waals surface area contributed by atoms with Gasteiger partial charge in [0.15, 0.2) is 5.96 Å². The number of hydrogen-bond donors (Lipinski definition) is 2. The standard InChI is InChI=1S/C17H33N5O.HI/c1-6-10-22(11-7-2)12-8-9-19-17(18-5)20-13-16-21-14(3)15(4)23-16;/h6-13H2,1-5H3,(H2,18,19,20);1H. The van der Waals surface area contributed by atoms with E-state index < -0.39 is 0 Å². The number of guanidine groups is 1. The number of nitrogens with zero attached hydrogens (tertiary/aromatic N) is 3. The van der Waals surface area contributed by atoms with Crippen LogP contribution in [-0.4, -0.2) is 49.1 Å². The number of rotatable bonds is 10. The molecule has 0 aliphatic carbocycles. The zero-order valence-corrected chi connectivity index (χ0v) is 18.1. The molecule has 0 saturated carbocycles. The van der Waals surface area contributed by atoms with E-state index in [0.29, 0.717) is 12.4 Å². The summed E-state index contributed by atoms with van der Waals surface area (Å²) in [4.78, 5) is 11.1. The Kier molecular flexibility index (Phi) is 13.0. The summed E-state index contributed by atoms with van der Waals surface area (Å²) in [7, 11) is 1.78. The highest BCUT2D eigenvalue weighted by Gasteiger charge is 2.06. The lowest BCUT2D eigenvalue weighted by atomic mass is 10.3. The minimum absolute atomic E-state index is 0. The SMILES string of the molecule is CCCN(CCC)CCCNC(=NC)NCc1nc(C)c(C)o1.I. The molecule has 0 spiro atoms. The predicted octanol–water partition coefficient (Wildman–Crippen LogP) is 3.09. The monoisotopic (exact) mass is 451 g/mol. The minimum atomic E-state index is 0. The van der Waals surface area contributed by atoms with Gasteiger partial charge in [-0.2, -0.15) is 0 Å². The molecule has 0 atom stereocenters. The molecule has 2 N–H and O–H groups in total. The van der Waals surface area contributed by atoms with Gasteiger partial charge in [0.2, 0.25) is 5.89 Å². The summed E-state index contributed by atoms with van der Waals surface area (Å²) in [5.41, 5.74) is 0.941. The van der Waals surface area contributed by atoms with Crippen LogP contribution in [0.1, 0.15) is 50.5 Å². The van der Waals surface area contributed by atoms with Crippen molar-refractivity contribution in [2.24, 2.45) is 4.99 Å². The topological polar surface area (TPSA) is 65.7 Å². The van der Waals surface area contributed by atoms with Gasteiger partial charge in [0.1, 0.15) is 5.76 Å². The van der Waals surface area contributed by atoms with Crippen molar-refractivity contribution in [2.75, 3.05) is 33.2 Å². The molecule has 0 fully saturated rings. The fraction of sp³-hybridized carbons (Fsp3) is 0.765. The molecule has 1 heterocycles. The number of hydrogen-bond acceptors (Lipinski definition) is 4. The Labute approximate surface area is 163 Å². The van der Waals surface area contributed by atoms with Crippen molar-refractivity contribution in [3.8, 4) is 0 Å². The molecule has 0 bridgehead atoms. The van der Waals surface area contributed by atoms with Gasteiger partial charge in [-0.3, -0.25) is 4.99 Å². The molecule has 140 valence electrons. The first-order valence-corrected chi connectivity index (χ1v) is 8.70. The second kappa shape index (κ2) is 13.5. The zero-order valence-electron chi connectivity index (χ0n) is 15.8. The number of oxazole rings is 1. The molecule has 0 radical (unpaired) electrons.